The first-order chi connectivity index (χ1) is 6.56. The van der Waals surface area contributed by atoms with Crippen LogP contribution >= 0.6 is 0 Å². The summed E-state index contributed by atoms with van der Waals surface area (Å²) in [7, 11) is 1.29. The molecule has 0 aromatic rings. The van der Waals surface area contributed by atoms with Crippen molar-refractivity contribution < 1.29 is 14.3 Å². The molecule has 14 heavy (non-hydrogen) atoms. The van der Waals surface area contributed by atoms with E-state index in [1.54, 1.807) is 0 Å². The Kier molecular flexibility index (Phi) is 6.72. The Morgan fingerprint density at radius 1 is 1.29 bits per heavy atom. The van der Waals surface area contributed by atoms with Crippen molar-refractivity contribution in [3.05, 3.63) is 11.6 Å². The summed E-state index contributed by atoms with van der Waals surface area (Å²) < 4.78 is 4.39. The number of unbranched alkanes of at least 4 members (excludes halogenated alkanes) is 1. The van der Waals surface area contributed by atoms with E-state index < -0.39 is 5.97 Å². The molecule has 0 atom stereocenters. The fourth-order valence-corrected chi connectivity index (χ4v) is 1.01. The zero-order chi connectivity index (χ0) is 11.0. The summed E-state index contributed by atoms with van der Waals surface area (Å²) in [6, 6.07) is 0. The van der Waals surface area contributed by atoms with Crippen LogP contribution in [0.2, 0.25) is 0 Å². The molecule has 0 aromatic carbocycles. The molecule has 0 heterocycles. The van der Waals surface area contributed by atoms with Crippen LogP contribution in [0.3, 0.4) is 0 Å². The van der Waals surface area contributed by atoms with Crippen LogP contribution < -0.4 is 0 Å². The third kappa shape index (κ3) is 7.53. The Hall–Kier alpha value is -1.12. The molecule has 0 radical (unpaired) electrons. The molecule has 0 aliphatic rings. The van der Waals surface area contributed by atoms with Crippen LogP contribution in [0.4, 0.5) is 0 Å². The van der Waals surface area contributed by atoms with Crippen LogP contribution in [0.1, 0.15) is 39.5 Å². The van der Waals surface area contributed by atoms with Gasteiger partial charge in [0.05, 0.1) is 7.11 Å². The van der Waals surface area contributed by atoms with Gasteiger partial charge in [-0.1, -0.05) is 11.6 Å². The number of methoxy groups -OCH3 is 1. The monoisotopic (exact) mass is 198 g/mol. The molecule has 0 saturated carbocycles. The summed E-state index contributed by atoms with van der Waals surface area (Å²) in [5.74, 6) is -0.490. The van der Waals surface area contributed by atoms with Gasteiger partial charge in [0.1, 0.15) is 12.2 Å². The minimum absolute atomic E-state index is 0.0426. The van der Waals surface area contributed by atoms with Crippen LogP contribution in [0.5, 0.6) is 0 Å². The van der Waals surface area contributed by atoms with Gasteiger partial charge in [0.15, 0.2) is 0 Å². The lowest BCUT2D eigenvalue weighted by atomic mass is 10.1. The molecule has 0 spiro atoms. The highest BCUT2D eigenvalue weighted by molar-refractivity contribution is 5.95. The smallest absolute Gasteiger partial charge is 0.313 e. The van der Waals surface area contributed by atoms with Gasteiger partial charge in [-0.3, -0.25) is 9.59 Å². The van der Waals surface area contributed by atoms with E-state index in [4.69, 9.17) is 0 Å². The molecule has 0 aromatic heterocycles. The Balaban J connectivity index is 3.55. The molecule has 0 rings (SSSR count). The summed E-state index contributed by atoms with van der Waals surface area (Å²) in [4.78, 5) is 21.8. The number of esters is 1. The summed E-state index contributed by atoms with van der Waals surface area (Å²) in [5, 5.41) is 0. The summed E-state index contributed by atoms with van der Waals surface area (Å²) in [6.07, 6.45) is 4.16. The van der Waals surface area contributed by atoms with E-state index in [9.17, 15) is 9.59 Å². The van der Waals surface area contributed by atoms with E-state index in [-0.39, 0.29) is 12.2 Å². The standard InChI is InChI=1S/C11H18O3/c1-9(2)6-4-5-7-10(12)8-11(13)14-3/h6H,4-5,7-8H2,1-3H3. The first-order valence-electron chi connectivity index (χ1n) is 4.78. The Morgan fingerprint density at radius 3 is 2.43 bits per heavy atom. The number of rotatable bonds is 6. The summed E-state index contributed by atoms with van der Waals surface area (Å²) >= 11 is 0. The number of Topliss-reactive ketones (excluding diaryl/α,β-unsaturated/α-hetero) is 1. The van der Waals surface area contributed by atoms with Crippen LogP contribution in [-0.4, -0.2) is 18.9 Å². The van der Waals surface area contributed by atoms with Gasteiger partial charge in [-0.25, -0.2) is 0 Å². The molecule has 0 bridgehead atoms. The first-order valence-corrected chi connectivity index (χ1v) is 4.78. The largest absolute Gasteiger partial charge is 0.469 e. The fraction of sp³-hybridized carbons (Fsp3) is 0.636. The van der Waals surface area contributed by atoms with E-state index >= 15 is 0 Å². The maximum Gasteiger partial charge on any atom is 0.313 e. The van der Waals surface area contributed by atoms with Gasteiger partial charge in [0.25, 0.3) is 0 Å². The SMILES string of the molecule is COC(=O)CC(=O)CCCC=C(C)C. The molecule has 0 fully saturated rings. The van der Waals surface area contributed by atoms with Crippen LogP contribution in [0, 0.1) is 0 Å². The van der Waals surface area contributed by atoms with Gasteiger partial charge in [0, 0.05) is 6.42 Å². The Morgan fingerprint density at radius 2 is 1.93 bits per heavy atom. The van der Waals surface area contributed by atoms with E-state index in [0.29, 0.717) is 6.42 Å². The molecule has 80 valence electrons. The lowest BCUT2D eigenvalue weighted by molar-refractivity contribution is -0.143. The molecule has 3 heteroatoms. The highest BCUT2D eigenvalue weighted by Crippen LogP contribution is 2.03. The quantitative estimate of drug-likeness (QED) is 0.284. The maximum absolute atomic E-state index is 11.1. The minimum atomic E-state index is -0.447. The molecular weight excluding hydrogens is 180 g/mol. The summed E-state index contributed by atoms with van der Waals surface area (Å²) in [6.45, 7) is 4.05. The second kappa shape index (κ2) is 7.30. The third-order valence-electron chi connectivity index (χ3n) is 1.78. The molecular formula is C11H18O3. The van der Waals surface area contributed by atoms with Crippen molar-refractivity contribution in [3.8, 4) is 0 Å². The number of allylic oxidation sites excluding steroid dienone is 2. The van der Waals surface area contributed by atoms with Gasteiger partial charge in [0.2, 0.25) is 0 Å². The number of ether oxygens (including phenoxy) is 1. The Bertz CT molecular complexity index is 225. The number of ketones is 1. The van der Waals surface area contributed by atoms with E-state index in [1.807, 2.05) is 13.8 Å². The number of hydrogen-bond donors (Lipinski definition) is 0. The fourth-order valence-electron chi connectivity index (χ4n) is 1.01. The van der Waals surface area contributed by atoms with Crippen molar-refractivity contribution in [2.75, 3.05) is 7.11 Å². The van der Waals surface area contributed by atoms with Crippen molar-refractivity contribution in [2.24, 2.45) is 0 Å². The highest BCUT2D eigenvalue weighted by atomic mass is 16.5. The third-order valence-corrected chi connectivity index (χ3v) is 1.78. The molecule has 0 unspecified atom stereocenters. The van der Waals surface area contributed by atoms with Crippen LogP contribution in [0.25, 0.3) is 0 Å². The molecule has 0 aliphatic heterocycles. The van der Waals surface area contributed by atoms with Crippen molar-refractivity contribution in [2.45, 2.75) is 39.5 Å². The zero-order valence-electron chi connectivity index (χ0n) is 9.13. The van der Waals surface area contributed by atoms with Gasteiger partial charge < -0.3 is 4.74 Å². The van der Waals surface area contributed by atoms with Gasteiger partial charge in [-0.15, -0.1) is 0 Å². The van der Waals surface area contributed by atoms with E-state index in [2.05, 4.69) is 10.8 Å². The van der Waals surface area contributed by atoms with Gasteiger partial charge >= 0.3 is 5.97 Å². The molecule has 0 aliphatic carbocycles. The number of carbonyl (C=O) groups is 2. The highest BCUT2D eigenvalue weighted by Gasteiger charge is 2.08. The first kappa shape index (κ1) is 12.9. The molecule has 0 saturated heterocycles. The number of carbonyl (C=O) groups excluding carboxylic acids is 2. The van der Waals surface area contributed by atoms with E-state index in [0.717, 1.165) is 12.8 Å². The molecule has 3 nitrogen and oxygen atoms in total. The minimum Gasteiger partial charge on any atom is -0.469 e. The maximum atomic E-state index is 11.1. The topological polar surface area (TPSA) is 43.4 Å². The van der Waals surface area contributed by atoms with E-state index in [1.165, 1.54) is 12.7 Å². The second-order valence-electron chi connectivity index (χ2n) is 3.47. The van der Waals surface area contributed by atoms with Crippen LogP contribution in [-0.2, 0) is 14.3 Å². The normalized spacial score (nSPS) is 9.36. The zero-order valence-corrected chi connectivity index (χ0v) is 9.13. The average molecular weight is 198 g/mol. The predicted molar refractivity (Wildman–Crippen MR) is 54.9 cm³/mol. The van der Waals surface area contributed by atoms with Crippen molar-refractivity contribution in [1.29, 1.82) is 0 Å². The lowest BCUT2D eigenvalue weighted by Gasteiger charge is -1.98. The summed E-state index contributed by atoms with van der Waals surface area (Å²) in [5.41, 5.74) is 1.26. The molecule has 0 N–H and O–H groups in total. The van der Waals surface area contributed by atoms with Crippen molar-refractivity contribution in [1.82, 2.24) is 0 Å². The van der Waals surface area contributed by atoms with Crippen LogP contribution in [0.15, 0.2) is 11.6 Å². The molecule has 0 amide bonds. The second-order valence-corrected chi connectivity index (χ2v) is 3.47. The lowest BCUT2D eigenvalue weighted by Crippen LogP contribution is -2.08. The average Bonchev–Trinajstić information content (AvgIpc) is 2.12. The Labute approximate surface area is 85.1 Å². The number of hydrogen-bond acceptors (Lipinski definition) is 3. The van der Waals surface area contributed by atoms with Crippen molar-refractivity contribution in [3.63, 3.8) is 0 Å². The van der Waals surface area contributed by atoms with Gasteiger partial charge in [-0.05, 0) is 26.7 Å². The van der Waals surface area contributed by atoms with Gasteiger partial charge in [-0.2, -0.15) is 0 Å². The van der Waals surface area contributed by atoms with Crippen molar-refractivity contribution >= 4 is 11.8 Å². The predicted octanol–water partition coefficient (Wildman–Crippen LogP) is 2.26.